The summed E-state index contributed by atoms with van der Waals surface area (Å²) in [6.07, 6.45) is 3.46. The molecule has 0 heterocycles. The van der Waals surface area contributed by atoms with Gasteiger partial charge >= 0.3 is 5.97 Å². The molecule has 1 aliphatic rings. The minimum absolute atomic E-state index is 0.170. The number of hydrogen-bond acceptors (Lipinski definition) is 3. The first-order valence-electron chi connectivity index (χ1n) is 7.76. The normalized spacial score (nSPS) is 18.2. The highest BCUT2D eigenvalue weighted by atomic mass is 16.5. The van der Waals surface area contributed by atoms with Gasteiger partial charge in [0.1, 0.15) is 5.75 Å². The summed E-state index contributed by atoms with van der Waals surface area (Å²) in [6, 6.07) is 9.10. The fraction of sp³-hybridized carbons (Fsp3) is 0.529. The van der Waals surface area contributed by atoms with Crippen molar-refractivity contribution in [2.45, 2.75) is 45.1 Å². The second kappa shape index (κ2) is 7.29. The van der Waals surface area contributed by atoms with Crippen LogP contribution in [-0.4, -0.2) is 29.6 Å². The molecule has 1 atom stereocenters. The molecule has 1 saturated carbocycles. The third-order valence-electron chi connectivity index (χ3n) is 4.29. The Hall–Kier alpha value is -2.04. The lowest BCUT2D eigenvalue weighted by Crippen LogP contribution is -2.47. The van der Waals surface area contributed by atoms with Gasteiger partial charge in [-0.25, -0.2) is 0 Å². The number of amides is 1. The Kier molecular flexibility index (Phi) is 5.41. The quantitative estimate of drug-likeness (QED) is 0.847. The molecule has 1 aliphatic carbocycles. The van der Waals surface area contributed by atoms with Crippen LogP contribution in [0.15, 0.2) is 30.3 Å². The van der Waals surface area contributed by atoms with Crippen LogP contribution in [0.1, 0.15) is 39.0 Å². The number of aliphatic carboxylic acids is 1. The van der Waals surface area contributed by atoms with Crippen molar-refractivity contribution in [1.29, 1.82) is 0 Å². The van der Waals surface area contributed by atoms with Gasteiger partial charge < -0.3 is 15.2 Å². The van der Waals surface area contributed by atoms with Crippen molar-refractivity contribution in [2.24, 2.45) is 5.41 Å². The molecule has 1 aromatic rings. The Morgan fingerprint density at radius 3 is 2.45 bits per heavy atom. The fourth-order valence-electron chi connectivity index (χ4n) is 2.85. The van der Waals surface area contributed by atoms with E-state index in [9.17, 15) is 14.7 Å². The number of carboxylic acids is 1. The first-order valence-corrected chi connectivity index (χ1v) is 7.76. The molecular formula is C17H23NO4. The minimum atomic E-state index is -0.819. The van der Waals surface area contributed by atoms with Gasteiger partial charge in [0.25, 0.3) is 5.91 Å². The Balaban J connectivity index is 1.89. The van der Waals surface area contributed by atoms with E-state index in [2.05, 4.69) is 5.32 Å². The van der Waals surface area contributed by atoms with Crippen molar-refractivity contribution >= 4 is 11.9 Å². The SMILES string of the molecule is CC(Oc1ccccc1)C(=O)NCC1(C(=O)O)CCCCC1. The molecule has 1 fully saturated rings. The summed E-state index contributed by atoms with van der Waals surface area (Å²) < 4.78 is 5.55. The van der Waals surface area contributed by atoms with Gasteiger partial charge in [0, 0.05) is 6.54 Å². The maximum Gasteiger partial charge on any atom is 0.311 e. The van der Waals surface area contributed by atoms with Crippen LogP contribution in [0, 0.1) is 5.41 Å². The zero-order chi connectivity index (χ0) is 16.0. The van der Waals surface area contributed by atoms with Crippen LogP contribution in [0.3, 0.4) is 0 Å². The van der Waals surface area contributed by atoms with Crippen LogP contribution in [0.5, 0.6) is 5.75 Å². The summed E-state index contributed by atoms with van der Waals surface area (Å²) in [6.45, 7) is 1.83. The van der Waals surface area contributed by atoms with E-state index >= 15 is 0 Å². The van der Waals surface area contributed by atoms with Gasteiger partial charge in [-0.15, -0.1) is 0 Å². The van der Waals surface area contributed by atoms with E-state index in [1.165, 1.54) is 0 Å². The second-order valence-electron chi connectivity index (χ2n) is 5.94. The Labute approximate surface area is 130 Å². The van der Waals surface area contributed by atoms with Crippen molar-refractivity contribution < 1.29 is 19.4 Å². The molecular weight excluding hydrogens is 282 g/mol. The van der Waals surface area contributed by atoms with Gasteiger partial charge in [-0.1, -0.05) is 37.5 Å². The van der Waals surface area contributed by atoms with Crippen LogP contribution in [-0.2, 0) is 9.59 Å². The predicted octanol–water partition coefficient (Wildman–Crippen LogP) is 2.61. The van der Waals surface area contributed by atoms with E-state index in [1.54, 1.807) is 19.1 Å². The summed E-state index contributed by atoms with van der Waals surface area (Å²) in [7, 11) is 0. The highest BCUT2D eigenvalue weighted by molar-refractivity contribution is 5.82. The van der Waals surface area contributed by atoms with Crippen molar-refractivity contribution in [3.63, 3.8) is 0 Å². The summed E-state index contributed by atoms with van der Waals surface area (Å²) in [4.78, 5) is 23.7. The van der Waals surface area contributed by atoms with E-state index in [-0.39, 0.29) is 12.5 Å². The molecule has 22 heavy (non-hydrogen) atoms. The molecule has 0 aromatic heterocycles. The van der Waals surface area contributed by atoms with Gasteiger partial charge in [-0.2, -0.15) is 0 Å². The summed E-state index contributed by atoms with van der Waals surface area (Å²) >= 11 is 0. The number of para-hydroxylation sites is 1. The van der Waals surface area contributed by atoms with Crippen molar-refractivity contribution in [3.8, 4) is 5.75 Å². The molecule has 120 valence electrons. The van der Waals surface area contributed by atoms with Crippen molar-refractivity contribution in [2.75, 3.05) is 6.54 Å². The number of hydrogen-bond donors (Lipinski definition) is 2. The number of ether oxygens (including phenoxy) is 1. The Morgan fingerprint density at radius 1 is 1.23 bits per heavy atom. The molecule has 2 N–H and O–H groups in total. The molecule has 0 bridgehead atoms. The van der Waals surface area contributed by atoms with Crippen LogP contribution in [0.2, 0.25) is 0 Å². The van der Waals surface area contributed by atoms with Gasteiger partial charge in [-0.3, -0.25) is 9.59 Å². The molecule has 2 rings (SSSR count). The zero-order valence-corrected chi connectivity index (χ0v) is 12.9. The highest BCUT2D eigenvalue weighted by Crippen LogP contribution is 2.36. The largest absolute Gasteiger partial charge is 0.481 e. The van der Waals surface area contributed by atoms with Crippen LogP contribution < -0.4 is 10.1 Å². The van der Waals surface area contributed by atoms with Crippen molar-refractivity contribution in [3.05, 3.63) is 30.3 Å². The number of benzene rings is 1. The maximum absolute atomic E-state index is 12.1. The number of carbonyl (C=O) groups is 2. The van der Waals surface area contributed by atoms with E-state index in [4.69, 9.17) is 4.74 Å². The third-order valence-corrected chi connectivity index (χ3v) is 4.29. The van der Waals surface area contributed by atoms with Crippen LogP contribution >= 0.6 is 0 Å². The van der Waals surface area contributed by atoms with Gasteiger partial charge in [0.15, 0.2) is 6.10 Å². The lowest BCUT2D eigenvalue weighted by molar-refractivity contribution is -0.151. The second-order valence-corrected chi connectivity index (χ2v) is 5.94. The highest BCUT2D eigenvalue weighted by Gasteiger charge is 2.40. The molecule has 0 spiro atoms. The van der Waals surface area contributed by atoms with Gasteiger partial charge in [0.2, 0.25) is 0 Å². The number of nitrogens with one attached hydrogen (secondary N) is 1. The molecule has 5 nitrogen and oxygen atoms in total. The topological polar surface area (TPSA) is 75.6 Å². The summed E-state index contributed by atoms with van der Waals surface area (Å²) in [5.41, 5.74) is -0.819. The summed E-state index contributed by atoms with van der Waals surface area (Å²) in [5, 5.41) is 12.2. The maximum atomic E-state index is 12.1. The van der Waals surface area contributed by atoms with E-state index in [0.717, 1.165) is 19.3 Å². The van der Waals surface area contributed by atoms with Gasteiger partial charge in [0.05, 0.1) is 5.41 Å². The van der Waals surface area contributed by atoms with Crippen LogP contribution in [0.25, 0.3) is 0 Å². The van der Waals surface area contributed by atoms with E-state index < -0.39 is 17.5 Å². The van der Waals surface area contributed by atoms with Crippen LogP contribution in [0.4, 0.5) is 0 Å². The van der Waals surface area contributed by atoms with E-state index in [0.29, 0.717) is 18.6 Å². The molecule has 0 saturated heterocycles. The standard InChI is InChI=1S/C17H23NO4/c1-13(22-14-8-4-2-5-9-14)15(19)18-12-17(16(20)21)10-6-3-7-11-17/h2,4-5,8-9,13H,3,6-7,10-12H2,1H3,(H,18,19)(H,20,21). The smallest absolute Gasteiger partial charge is 0.311 e. The molecule has 1 unspecified atom stereocenters. The fourth-order valence-corrected chi connectivity index (χ4v) is 2.85. The average molecular weight is 305 g/mol. The molecule has 0 aliphatic heterocycles. The minimum Gasteiger partial charge on any atom is -0.481 e. The predicted molar refractivity (Wildman–Crippen MR) is 82.7 cm³/mol. The number of carboxylic acid groups (broad SMARTS) is 1. The molecule has 1 amide bonds. The molecule has 0 radical (unpaired) electrons. The number of rotatable bonds is 6. The van der Waals surface area contributed by atoms with E-state index in [1.807, 2.05) is 18.2 Å². The lowest BCUT2D eigenvalue weighted by atomic mass is 9.74. The Bertz CT molecular complexity index is 509. The first-order chi connectivity index (χ1) is 10.5. The average Bonchev–Trinajstić information content (AvgIpc) is 2.54. The third kappa shape index (κ3) is 4.00. The summed E-state index contributed by atoms with van der Waals surface area (Å²) in [5.74, 6) is -0.477. The molecule has 5 heteroatoms. The Morgan fingerprint density at radius 2 is 1.86 bits per heavy atom. The number of carbonyl (C=O) groups excluding carboxylic acids is 1. The molecule has 1 aromatic carbocycles. The first kappa shape index (κ1) is 16.3. The monoisotopic (exact) mass is 305 g/mol. The zero-order valence-electron chi connectivity index (χ0n) is 12.9. The lowest BCUT2D eigenvalue weighted by Gasteiger charge is -2.33. The van der Waals surface area contributed by atoms with Crippen molar-refractivity contribution in [1.82, 2.24) is 5.32 Å². The van der Waals surface area contributed by atoms with Gasteiger partial charge in [-0.05, 0) is 31.9 Å².